The predicted molar refractivity (Wildman–Crippen MR) is 101 cm³/mol. The first kappa shape index (κ1) is 17.0. The number of ether oxygens (including phenoxy) is 2. The van der Waals surface area contributed by atoms with Crippen molar-refractivity contribution in [1.29, 1.82) is 0 Å². The first-order valence-electron chi connectivity index (χ1n) is 7.64. The van der Waals surface area contributed by atoms with Crippen LogP contribution in [0.4, 0.5) is 0 Å². The highest BCUT2D eigenvalue weighted by Gasteiger charge is 2.08. The van der Waals surface area contributed by atoms with E-state index in [0.717, 1.165) is 15.8 Å². The SMILES string of the molecule is CC(=O)OCCc1ccccc1OCc1cc2cccc(Br)c2s1. The Balaban J connectivity index is 1.69. The van der Waals surface area contributed by atoms with Gasteiger partial charge in [-0.3, -0.25) is 4.79 Å². The summed E-state index contributed by atoms with van der Waals surface area (Å²) < 4.78 is 13.4. The predicted octanol–water partition coefficient (Wildman–Crippen LogP) is 5.35. The van der Waals surface area contributed by atoms with Crippen LogP contribution in [0.25, 0.3) is 10.1 Å². The summed E-state index contributed by atoms with van der Waals surface area (Å²) >= 11 is 5.32. The second-order valence-corrected chi connectivity index (χ2v) is 7.35. The maximum absolute atomic E-state index is 10.9. The van der Waals surface area contributed by atoms with Crippen molar-refractivity contribution in [3.05, 3.63) is 63.4 Å². The molecule has 3 nitrogen and oxygen atoms in total. The molecule has 5 heteroatoms. The smallest absolute Gasteiger partial charge is 0.302 e. The molecule has 3 aromatic rings. The number of rotatable bonds is 6. The highest BCUT2D eigenvalue weighted by molar-refractivity contribution is 9.10. The summed E-state index contributed by atoms with van der Waals surface area (Å²) in [6.45, 7) is 2.31. The van der Waals surface area contributed by atoms with Crippen molar-refractivity contribution in [2.75, 3.05) is 6.61 Å². The Kier molecular flexibility index (Phi) is 5.53. The van der Waals surface area contributed by atoms with Crippen LogP contribution < -0.4 is 4.74 Å². The van der Waals surface area contributed by atoms with Crippen LogP contribution >= 0.6 is 27.3 Å². The molecule has 0 aliphatic carbocycles. The van der Waals surface area contributed by atoms with Crippen molar-refractivity contribution in [2.24, 2.45) is 0 Å². The van der Waals surface area contributed by atoms with Crippen molar-refractivity contribution in [2.45, 2.75) is 20.0 Å². The lowest BCUT2D eigenvalue weighted by atomic mass is 10.1. The van der Waals surface area contributed by atoms with E-state index in [4.69, 9.17) is 9.47 Å². The van der Waals surface area contributed by atoms with E-state index in [2.05, 4.69) is 28.1 Å². The molecule has 0 spiro atoms. The van der Waals surface area contributed by atoms with Crippen molar-refractivity contribution in [3.8, 4) is 5.75 Å². The maximum Gasteiger partial charge on any atom is 0.302 e. The molecular formula is C19H17BrO3S. The van der Waals surface area contributed by atoms with E-state index in [1.165, 1.54) is 21.9 Å². The molecule has 0 atom stereocenters. The zero-order chi connectivity index (χ0) is 16.9. The van der Waals surface area contributed by atoms with E-state index in [0.29, 0.717) is 19.6 Å². The molecule has 0 amide bonds. The molecule has 0 saturated heterocycles. The van der Waals surface area contributed by atoms with Gasteiger partial charge in [0.25, 0.3) is 0 Å². The Labute approximate surface area is 153 Å². The molecule has 1 heterocycles. The molecule has 2 aromatic carbocycles. The fourth-order valence-electron chi connectivity index (χ4n) is 2.46. The molecule has 0 bridgehead atoms. The van der Waals surface area contributed by atoms with E-state index < -0.39 is 0 Å². The average molecular weight is 405 g/mol. The molecule has 0 radical (unpaired) electrons. The third-order valence-corrected chi connectivity index (χ3v) is 5.65. The van der Waals surface area contributed by atoms with Gasteiger partial charge in [-0.2, -0.15) is 0 Å². The van der Waals surface area contributed by atoms with Gasteiger partial charge < -0.3 is 9.47 Å². The quantitative estimate of drug-likeness (QED) is 0.519. The lowest BCUT2D eigenvalue weighted by Crippen LogP contribution is -2.05. The standard InChI is InChI=1S/C19H17BrO3S/c1-13(21)22-10-9-14-5-2-3-8-18(14)23-12-16-11-15-6-4-7-17(20)19(15)24-16/h2-8,11H,9-10,12H2,1H3. The maximum atomic E-state index is 10.9. The van der Waals surface area contributed by atoms with Gasteiger partial charge in [0.1, 0.15) is 12.4 Å². The van der Waals surface area contributed by atoms with Crippen molar-refractivity contribution in [1.82, 2.24) is 0 Å². The number of carbonyl (C=O) groups is 1. The Morgan fingerprint density at radius 3 is 2.79 bits per heavy atom. The first-order valence-corrected chi connectivity index (χ1v) is 9.25. The number of fused-ring (bicyclic) bond motifs is 1. The van der Waals surface area contributed by atoms with Gasteiger partial charge in [0.05, 0.1) is 6.61 Å². The van der Waals surface area contributed by atoms with Gasteiger partial charge in [-0.05, 0) is 45.1 Å². The average Bonchev–Trinajstić information content (AvgIpc) is 2.98. The lowest BCUT2D eigenvalue weighted by Gasteiger charge is -2.10. The van der Waals surface area contributed by atoms with Gasteiger partial charge in [0.15, 0.2) is 0 Å². The molecule has 0 N–H and O–H groups in total. The van der Waals surface area contributed by atoms with Gasteiger partial charge in [-0.15, -0.1) is 11.3 Å². The number of esters is 1. The molecule has 0 unspecified atom stereocenters. The number of hydrogen-bond acceptors (Lipinski definition) is 4. The number of thiophene rings is 1. The third-order valence-electron chi connectivity index (χ3n) is 3.57. The highest BCUT2D eigenvalue weighted by Crippen LogP contribution is 2.32. The lowest BCUT2D eigenvalue weighted by molar-refractivity contribution is -0.140. The fourth-order valence-corrected chi connectivity index (χ4v) is 4.06. The van der Waals surface area contributed by atoms with E-state index >= 15 is 0 Å². The van der Waals surface area contributed by atoms with Gasteiger partial charge >= 0.3 is 5.97 Å². The zero-order valence-electron chi connectivity index (χ0n) is 13.3. The van der Waals surface area contributed by atoms with E-state index in [1.54, 1.807) is 11.3 Å². The van der Waals surface area contributed by atoms with Gasteiger partial charge in [0, 0.05) is 27.4 Å². The second-order valence-electron chi connectivity index (χ2n) is 5.36. The van der Waals surface area contributed by atoms with Crippen LogP contribution in [0.1, 0.15) is 17.4 Å². The van der Waals surface area contributed by atoms with E-state index in [-0.39, 0.29) is 5.97 Å². The van der Waals surface area contributed by atoms with E-state index in [9.17, 15) is 4.79 Å². The molecule has 0 fully saturated rings. The van der Waals surface area contributed by atoms with Crippen LogP contribution in [-0.4, -0.2) is 12.6 Å². The monoisotopic (exact) mass is 404 g/mol. The normalized spacial score (nSPS) is 10.8. The third kappa shape index (κ3) is 4.16. The number of carbonyl (C=O) groups excluding carboxylic acids is 1. The second kappa shape index (κ2) is 7.81. The Bertz CT molecular complexity index is 857. The molecule has 0 saturated carbocycles. The topological polar surface area (TPSA) is 35.5 Å². The van der Waals surface area contributed by atoms with Crippen molar-refractivity contribution >= 4 is 43.3 Å². The molecular weight excluding hydrogens is 388 g/mol. The van der Waals surface area contributed by atoms with Crippen LogP contribution in [0.15, 0.2) is 53.0 Å². The van der Waals surface area contributed by atoms with Crippen molar-refractivity contribution < 1.29 is 14.3 Å². The van der Waals surface area contributed by atoms with Crippen LogP contribution in [0.5, 0.6) is 5.75 Å². The Morgan fingerprint density at radius 1 is 1.17 bits per heavy atom. The minimum Gasteiger partial charge on any atom is -0.488 e. The molecule has 124 valence electrons. The summed E-state index contributed by atoms with van der Waals surface area (Å²) in [5.74, 6) is 0.574. The summed E-state index contributed by atoms with van der Waals surface area (Å²) in [4.78, 5) is 12.1. The summed E-state index contributed by atoms with van der Waals surface area (Å²) in [7, 11) is 0. The van der Waals surface area contributed by atoms with Crippen LogP contribution in [0.2, 0.25) is 0 Å². The summed E-state index contributed by atoms with van der Waals surface area (Å²) in [6, 6.07) is 16.2. The largest absolute Gasteiger partial charge is 0.488 e. The molecule has 1 aromatic heterocycles. The summed E-state index contributed by atoms with van der Waals surface area (Å²) in [5.41, 5.74) is 1.04. The van der Waals surface area contributed by atoms with Gasteiger partial charge in [-0.25, -0.2) is 0 Å². The molecule has 24 heavy (non-hydrogen) atoms. The van der Waals surface area contributed by atoms with Gasteiger partial charge in [-0.1, -0.05) is 30.3 Å². The fraction of sp³-hybridized carbons (Fsp3) is 0.211. The van der Waals surface area contributed by atoms with Crippen LogP contribution in [-0.2, 0) is 22.6 Å². The number of halogens is 1. The molecule has 0 aliphatic heterocycles. The number of benzene rings is 2. The summed E-state index contributed by atoms with van der Waals surface area (Å²) in [5, 5.41) is 1.22. The van der Waals surface area contributed by atoms with Crippen LogP contribution in [0.3, 0.4) is 0 Å². The number of hydrogen-bond donors (Lipinski definition) is 0. The van der Waals surface area contributed by atoms with Crippen molar-refractivity contribution in [3.63, 3.8) is 0 Å². The highest BCUT2D eigenvalue weighted by atomic mass is 79.9. The molecule has 0 aliphatic rings. The van der Waals surface area contributed by atoms with Crippen LogP contribution in [0, 0.1) is 0 Å². The minimum absolute atomic E-state index is 0.260. The summed E-state index contributed by atoms with van der Waals surface area (Å²) in [6.07, 6.45) is 0.647. The Hall–Kier alpha value is -1.85. The van der Waals surface area contributed by atoms with Gasteiger partial charge in [0.2, 0.25) is 0 Å². The van der Waals surface area contributed by atoms with E-state index in [1.807, 2.05) is 36.4 Å². The first-order chi connectivity index (χ1) is 11.6. The number of para-hydroxylation sites is 1. The molecule has 3 rings (SSSR count). The zero-order valence-corrected chi connectivity index (χ0v) is 15.7. The Morgan fingerprint density at radius 2 is 2.00 bits per heavy atom. The minimum atomic E-state index is -0.260.